The Balaban J connectivity index is 1.81. The first-order valence-electron chi connectivity index (χ1n) is 6.59. The predicted octanol–water partition coefficient (Wildman–Crippen LogP) is 3.36. The Kier molecular flexibility index (Phi) is 4.43. The van der Waals surface area contributed by atoms with Gasteiger partial charge in [-0.2, -0.15) is 0 Å². The lowest BCUT2D eigenvalue weighted by molar-refractivity contribution is 0.122. The minimum absolute atomic E-state index is 0.589. The highest BCUT2D eigenvalue weighted by Crippen LogP contribution is 2.28. The first-order valence-corrected chi connectivity index (χ1v) is 7.35. The van der Waals surface area contributed by atoms with Crippen molar-refractivity contribution in [2.24, 2.45) is 0 Å². The van der Waals surface area contributed by atoms with E-state index in [2.05, 4.69) is 20.2 Å². The highest BCUT2D eigenvalue weighted by molar-refractivity contribution is 6.35. The highest BCUT2D eigenvalue weighted by atomic mass is 35.5. The van der Waals surface area contributed by atoms with E-state index in [1.807, 2.05) is 6.07 Å². The SMILES string of the molecule is Clc1ccc(Cl)c(Nc2cc(N3CCOCC3)ncn2)c1. The summed E-state index contributed by atoms with van der Waals surface area (Å²) in [6.07, 6.45) is 1.53. The average molecular weight is 325 g/mol. The van der Waals surface area contributed by atoms with Gasteiger partial charge in [-0.25, -0.2) is 9.97 Å². The molecule has 0 unspecified atom stereocenters. The molecule has 3 rings (SSSR count). The molecule has 0 amide bonds. The molecule has 2 heterocycles. The summed E-state index contributed by atoms with van der Waals surface area (Å²) in [6.45, 7) is 3.09. The summed E-state index contributed by atoms with van der Waals surface area (Å²) in [5.74, 6) is 1.55. The second kappa shape index (κ2) is 6.47. The van der Waals surface area contributed by atoms with Crippen molar-refractivity contribution in [3.05, 3.63) is 40.6 Å². The van der Waals surface area contributed by atoms with Crippen molar-refractivity contribution in [2.75, 3.05) is 36.5 Å². The standard InChI is InChI=1S/C14H14Cl2N4O/c15-10-1-2-11(16)12(7-10)19-13-8-14(18-9-17-13)20-3-5-21-6-4-20/h1-2,7-9H,3-6H2,(H,17,18,19). The fourth-order valence-electron chi connectivity index (χ4n) is 2.11. The van der Waals surface area contributed by atoms with Gasteiger partial charge in [0.2, 0.25) is 0 Å². The number of morpholine rings is 1. The van der Waals surface area contributed by atoms with E-state index in [1.54, 1.807) is 18.2 Å². The molecule has 1 N–H and O–H groups in total. The summed E-state index contributed by atoms with van der Waals surface area (Å²) in [6, 6.07) is 7.15. The van der Waals surface area contributed by atoms with Crippen LogP contribution in [0.2, 0.25) is 10.0 Å². The summed E-state index contributed by atoms with van der Waals surface area (Å²) < 4.78 is 5.34. The summed E-state index contributed by atoms with van der Waals surface area (Å²) in [7, 11) is 0. The third-order valence-electron chi connectivity index (χ3n) is 3.18. The van der Waals surface area contributed by atoms with Crippen molar-refractivity contribution in [3.63, 3.8) is 0 Å². The number of rotatable bonds is 3. The third-order valence-corrected chi connectivity index (χ3v) is 3.74. The summed E-state index contributed by atoms with van der Waals surface area (Å²) in [5, 5.41) is 4.37. The number of nitrogens with zero attached hydrogens (tertiary/aromatic N) is 3. The van der Waals surface area contributed by atoms with Gasteiger partial charge >= 0.3 is 0 Å². The van der Waals surface area contributed by atoms with Gasteiger partial charge < -0.3 is 15.0 Å². The lowest BCUT2D eigenvalue weighted by Gasteiger charge is -2.27. The van der Waals surface area contributed by atoms with E-state index in [4.69, 9.17) is 27.9 Å². The van der Waals surface area contributed by atoms with E-state index < -0.39 is 0 Å². The maximum Gasteiger partial charge on any atom is 0.135 e. The first kappa shape index (κ1) is 14.4. The van der Waals surface area contributed by atoms with E-state index in [0.717, 1.165) is 24.6 Å². The van der Waals surface area contributed by atoms with Gasteiger partial charge in [0.05, 0.1) is 23.9 Å². The van der Waals surface area contributed by atoms with Gasteiger partial charge in [-0.15, -0.1) is 0 Å². The lowest BCUT2D eigenvalue weighted by atomic mass is 10.3. The fourth-order valence-corrected chi connectivity index (χ4v) is 2.45. The molecule has 1 aromatic heterocycles. The van der Waals surface area contributed by atoms with Gasteiger partial charge in [0.25, 0.3) is 0 Å². The molecule has 0 radical (unpaired) electrons. The third kappa shape index (κ3) is 3.56. The number of aromatic nitrogens is 2. The van der Waals surface area contributed by atoms with Crippen LogP contribution in [0.5, 0.6) is 0 Å². The predicted molar refractivity (Wildman–Crippen MR) is 84.8 cm³/mol. The Labute approximate surface area is 132 Å². The van der Waals surface area contributed by atoms with Crippen LogP contribution in [0.15, 0.2) is 30.6 Å². The van der Waals surface area contributed by atoms with Crippen LogP contribution < -0.4 is 10.2 Å². The zero-order valence-corrected chi connectivity index (χ0v) is 12.7. The smallest absolute Gasteiger partial charge is 0.135 e. The second-order valence-corrected chi connectivity index (χ2v) is 5.45. The fraction of sp³-hybridized carbons (Fsp3) is 0.286. The summed E-state index contributed by atoms with van der Waals surface area (Å²) in [4.78, 5) is 10.7. The van der Waals surface area contributed by atoms with Crippen molar-refractivity contribution >= 4 is 40.5 Å². The van der Waals surface area contributed by atoms with Crippen molar-refractivity contribution in [2.45, 2.75) is 0 Å². The van der Waals surface area contributed by atoms with Gasteiger partial charge in [0.15, 0.2) is 0 Å². The lowest BCUT2D eigenvalue weighted by Crippen LogP contribution is -2.36. The maximum absolute atomic E-state index is 6.14. The molecule has 1 aliphatic heterocycles. The number of hydrogen-bond donors (Lipinski definition) is 1. The second-order valence-electron chi connectivity index (χ2n) is 4.61. The molecule has 1 aliphatic rings. The number of anilines is 3. The minimum Gasteiger partial charge on any atom is -0.378 e. The molecule has 0 aliphatic carbocycles. The molecule has 110 valence electrons. The molecule has 1 fully saturated rings. The highest BCUT2D eigenvalue weighted by Gasteiger charge is 2.13. The number of halogens is 2. The Morgan fingerprint density at radius 1 is 1.10 bits per heavy atom. The van der Waals surface area contributed by atoms with E-state index in [0.29, 0.717) is 29.1 Å². The Bertz CT molecular complexity index is 632. The molecule has 1 aromatic carbocycles. The summed E-state index contributed by atoms with van der Waals surface area (Å²) in [5.41, 5.74) is 0.718. The zero-order chi connectivity index (χ0) is 14.7. The summed E-state index contributed by atoms with van der Waals surface area (Å²) >= 11 is 12.1. The Hall–Kier alpha value is -1.56. The molecule has 5 nitrogen and oxygen atoms in total. The van der Waals surface area contributed by atoms with Crippen molar-refractivity contribution in [3.8, 4) is 0 Å². The number of benzene rings is 1. The zero-order valence-electron chi connectivity index (χ0n) is 11.2. The largest absolute Gasteiger partial charge is 0.378 e. The molecule has 0 saturated carbocycles. The van der Waals surface area contributed by atoms with Gasteiger partial charge in [-0.1, -0.05) is 23.2 Å². The molecule has 2 aromatic rings. The van der Waals surface area contributed by atoms with Crippen LogP contribution in [0.3, 0.4) is 0 Å². The van der Waals surface area contributed by atoms with Gasteiger partial charge in [0.1, 0.15) is 18.0 Å². The monoisotopic (exact) mass is 324 g/mol. The number of nitrogens with one attached hydrogen (secondary N) is 1. The van der Waals surface area contributed by atoms with Crippen LogP contribution in [-0.4, -0.2) is 36.3 Å². The van der Waals surface area contributed by atoms with Crippen LogP contribution in [0.1, 0.15) is 0 Å². The molecule has 0 spiro atoms. The molecule has 21 heavy (non-hydrogen) atoms. The topological polar surface area (TPSA) is 50.3 Å². The Morgan fingerprint density at radius 3 is 2.71 bits per heavy atom. The van der Waals surface area contributed by atoms with E-state index in [1.165, 1.54) is 6.33 Å². The van der Waals surface area contributed by atoms with E-state index in [9.17, 15) is 0 Å². The van der Waals surface area contributed by atoms with E-state index >= 15 is 0 Å². The molecular formula is C14H14Cl2N4O. The quantitative estimate of drug-likeness (QED) is 0.938. The number of ether oxygens (including phenoxy) is 1. The van der Waals surface area contributed by atoms with Crippen LogP contribution in [0, 0.1) is 0 Å². The molecular weight excluding hydrogens is 311 g/mol. The normalized spacial score (nSPS) is 15.0. The minimum atomic E-state index is 0.589. The van der Waals surface area contributed by atoms with Crippen molar-refractivity contribution in [1.82, 2.24) is 9.97 Å². The molecule has 1 saturated heterocycles. The van der Waals surface area contributed by atoms with Crippen LogP contribution in [0.4, 0.5) is 17.3 Å². The Morgan fingerprint density at radius 2 is 1.90 bits per heavy atom. The van der Waals surface area contributed by atoms with E-state index in [-0.39, 0.29) is 0 Å². The van der Waals surface area contributed by atoms with Crippen LogP contribution in [-0.2, 0) is 4.74 Å². The number of hydrogen-bond acceptors (Lipinski definition) is 5. The van der Waals surface area contributed by atoms with Crippen LogP contribution in [0.25, 0.3) is 0 Å². The molecule has 7 heteroatoms. The average Bonchev–Trinajstić information content (AvgIpc) is 2.52. The maximum atomic E-state index is 6.14. The van der Waals surface area contributed by atoms with Crippen molar-refractivity contribution in [1.29, 1.82) is 0 Å². The van der Waals surface area contributed by atoms with Crippen molar-refractivity contribution < 1.29 is 4.74 Å². The van der Waals surface area contributed by atoms with Crippen LogP contribution >= 0.6 is 23.2 Å². The molecule has 0 atom stereocenters. The van der Waals surface area contributed by atoms with Gasteiger partial charge in [-0.3, -0.25) is 0 Å². The van der Waals surface area contributed by atoms with Gasteiger partial charge in [0, 0.05) is 24.2 Å². The molecule has 0 bridgehead atoms. The first-order chi connectivity index (χ1) is 10.2. The van der Waals surface area contributed by atoms with Gasteiger partial charge in [-0.05, 0) is 18.2 Å².